The second-order valence-corrected chi connectivity index (χ2v) is 12.7. The first-order valence-corrected chi connectivity index (χ1v) is 15.0. The Morgan fingerprint density at radius 2 is 1.65 bits per heavy atom. The number of rotatable bonds is 6. The van der Waals surface area contributed by atoms with E-state index in [2.05, 4.69) is 15.0 Å². The van der Waals surface area contributed by atoms with Crippen LogP contribution in [0.25, 0.3) is 33.3 Å². The Morgan fingerprint density at radius 3 is 2.35 bits per heavy atom. The molecule has 0 fully saturated rings. The van der Waals surface area contributed by atoms with E-state index in [9.17, 15) is 26.8 Å². The van der Waals surface area contributed by atoms with Crippen molar-refractivity contribution in [1.82, 2.24) is 9.55 Å². The lowest BCUT2D eigenvalue weighted by molar-refractivity contribution is 0.0540. The number of nitrogens with one attached hydrogen (secondary N) is 3. The Balaban J connectivity index is 1.54. The summed E-state index contributed by atoms with van der Waals surface area (Å²) < 4.78 is 61.0. The van der Waals surface area contributed by atoms with E-state index in [1.807, 2.05) is 0 Å². The molecule has 2 aromatic heterocycles. The summed E-state index contributed by atoms with van der Waals surface area (Å²) in [6.45, 7) is 5.23. The minimum Gasteiger partial charge on any atom is -0.443 e. The first-order valence-electron chi connectivity index (χ1n) is 13.1. The van der Waals surface area contributed by atoms with Gasteiger partial charge >= 0.3 is 6.09 Å². The summed E-state index contributed by atoms with van der Waals surface area (Å²) in [4.78, 5) is 29.2. The van der Waals surface area contributed by atoms with Crippen LogP contribution in [0.1, 0.15) is 31.3 Å². The summed E-state index contributed by atoms with van der Waals surface area (Å²) in [5.41, 5.74) is 1.86. The molecule has 43 heavy (non-hydrogen) atoms. The monoisotopic (exact) mass is 606 g/mol. The van der Waals surface area contributed by atoms with Gasteiger partial charge in [-0.3, -0.25) is 14.1 Å². The van der Waals surface area contributed by atoms with Crippen LogP contribution < -0.4 is 10.0 Å². The Morgan fingerprint density at radius 1 is 0.907 bits per heavy atom. The number of aromatic nitrogens is 2. The number of aromatic amines is 1. The van der Waals surface area contributed by atoms with Crippen LogP contribution in [-0.4, -0.2) is 41.8 Å². The van der Waals surface area contributed by atoms with Gasteiger partial charge in [-0.25, -0.2) is 22.0 Å². The highest BCUT2D eigenvalue weighted by molar-refractivity contribution is 7.92. The number of H-pyrrole nitrogens is 1. The standard InChI is InChI=1S/C31H28F2N4O5S/c1-31(2,3)42-30(39)37-11-5-6-28(37)20-12-19(24-10-8-21(32)16-25(24)33)13-23(14-20)34-29(38)27-15-18-7-9-22(17-26(18)35-27)36-43(4,40)41/h5-17,35-36H,1-4H3,(H,34,38). The van der Waals surface area contributed by atoms with Gasteiger partial charge in [0, 0.05) is 40.0 Å². The SMILES string of the molecule is CC(C)(C)OC(=O)n1cccc1-c1cc(NC(=O)c2cc3ccc(NS(C)(=O)=O)cc3[nH]2)cc(-c2ccc(F)cc2F)c1. The number of carbonyl (C=O) groups is 2. The maximum absolute atomic E-state index is 14.9. The zero-order chi connectivity index (χ0) is 31.1. The predicted molar refractivity (Wildman–Crippen MR) is 162 cm³/mol. The average Bonchev–Trinajstić information content (AvgIpc) is 3.54. The van der Waals surface area contributed by atoms with Crippen LogP contribution in [0, 0.1) is 11.6 Å². The third-order valence-corrected chi connectivity index (χ3v) is 6.84. The topological polar surface area (TPSA) is 122 Å². The molecule has 0 atom stereocenters. The number of amides is 1. The molecule has 0 aliphatic rings. The molecule has 0 saturated heterocycles. The minimum atomic E-state index is -3.49. The second kappa shape index (κ2) is 11.0. The van der Waals surface area contributed by atoms with Crippen LogP contribution in [-0.2, 0) is 14.8 Å². The zero-order valence-electron chi connectivity index (χ0n) is 23.7. The predicted octanol–water partition coefficient (Wildman–Crippen LogP) is 6.99. The summed E-state index contributed by atoms with van der Waals surface area (Å²) in [6.07, 6.45) is 1.94. The minimum absolute atomic E-state index is 0.0886. The largest absolute Gasteiger partial charge is 0.443 e. The molecule has 0 aliphatic carbocycles. The molecule has 0 aliphatic heterocycles. The number of fused-ring (bicyclic) bond motifs is 1. The van der Waals surface area contributed by atoms with E-state index in [4.69, 9.17) is 4.74 Å². The van der Waals surface area contributed by atoms with Gasteiger partial charge in [0.1, 0.15) is 22.9 Å². The lowest BCUT2D eigenvalue weighted by Crippen LogP contribution is -2.27. The fraction of sp³-hybridized carbons (Fsp3) is 0.161. The Bertz CT molecular complexity index is 1990. The van der Waals surface area contributed by atoms with E-state index < -0.39 is 39.3 Å². The van der Waals surface area contributed by atoms with E-state index in [0.29, 0.717) is 33.4 Å². The van der Waals surface area contributed by atoms with Gasteiger partial charge in [0.25, 0.3) is 5.91 Å². The van der Waals surface area contributed by atoms with E-state index in [1.165, 1.54) is 22.9 Å². The third-order valence-electron chi connectivity index (χ3n) is 6.24. The molecule has 12 heteroatoms. The van der Waals surface area contributed by atoms with E-state index in [0.717, 1.165) is 18.4 Å². The number of carbonyl (C=O) groups excluding carboxylic acids is 2. The van der Waals surface area contributed by atoms with Gasteiger partial charge in [0.05, 0.1) is 17.6 Å². The maximum atomic E-state index is 14.9. The fourth-order valence-corrected chi connectivity index (χ4v) is 5.09. The molecule has 0 unspecified atom stereocenters. The van der Waals surface area contributed by atoms with Crippen molar-refractivity contribution in [3.63, 3.8) is 0 Å². The highest BCUT2D eigenvalue weighted by Crippen LogP contribution is 2.33. The first-order chi connectivity index (χ1) is 20.1. The molecule has 0 saturated carbocycles. The highest BCUT2D eigenvalue weighted by atomic mass is 32.2. The van der Waals surface area contributed by atoms with Crippen molar-refractivity contribution in [2.45, 2.75) is 26.4 Å². The molecule has 5 aromatic rings. The Hall–Kier alpha value is -4.97. The number of benzene rings is 3. The summed E-state index contributed by atoms with van der Waals surface area (Å²) in [5, 5.41) is 3.47. The quantitative estimate of drug-likeness (QED) is 0.192. The van der Waals surface area contributed by atoms with Gasteiger partial charge in [-0.2, -0.15) is 0 Å². The summed E-state index contributed by atoms with van der Waals surface area (Å²) in [7, 11) is -3.49. The van der Waals surface area contributed by atoms with Gasteiger partial charge in [0.2, 0.25) is 10.0 Å². The van der Waals surface area contributed by atoms with Crippen LogP contribution in [0.4, 0.5) is 25.0 Å². The summed E-state index contributed by atoms with van der Waals surface area (Å²) >= 11 is 0. The van der Waals surface area contributed by atoms with E-state index in [1.54, 1.807) is 69.3 Å². The van der Waals surface area contributed by atoms with Crippen molar-refractivity contribution >= 4 is 44.3 Å². The van der Waals surface area contributed by atoms with Gasteiger partial charge in [-0.15, -0.1) is 0 Å². The van der Waals surface area contributed by atoms with Crippen molar-refractivity contribution in [2.75, 3.05) is 16.3 Å². The first kappa shape index (κ1) is 29.5. The number of hydrogen-bond acceptors (Lipinski definition) is 5. The smallest absolute Gasteiger partial charge is 0.418 e. The van der Waals surface area contributed by atoms with E-state index >= 15 is 0 Å². The van der Waals surface area contributed by atoms with Crippen molar-refractivity contribution in [1.29, 1.82) is 0 Å². The molecule has 222 valence electrons. The van der Waals surface area contributed by atoms with Gasteiger partial charge in [0.15, 0.2) is 0 Å². The normalized spacial score (nSPS) is 11.9. The van der Waals surface area contributed by atoms with Crippen LogP contribution >= 0.6 is 0 Å². The molecule has 0 radical (unpaired) electrons. The van der Waals surface area contributed by atoms with Gasteiger partial charge in [-0.05, 0) is 87.0 Å². The van der Waals surface area contributed by atoms with Gasteiger partial charge < -0.3 is 15.0 Å². The molecule has 2 heterocycles. The molecule has 1 amide bonds. The third kappa shape index (κ3) is 6.92. The summed E-state index contributed by atoms with van der Waals surface area (Å²) in [6, 6.07) is 17.7. The molecule has 3 N–H and O–H groups in total. The van der Waals surface area contributed by atoms with Crippen molar-refractivity contribution in [3.05, 3.63) is 96.3 Å². The van der Waals surface area contributed by atoms with Crippen molar-refractivity contribution < 1.29 is 31.5 Å². The second-order valence-electron chi connectivity index (χ2n) is 11.0. The lowest BCUT2D eigenvalue weighted by Gasteiger charge is -2.20. The van der Waals surface area contributed by atoms with Crippen LogP contribution in [0.5, 0.6) is 0 Å². The van der Waals surface area contributed by atoms with Gasteiger partial charge in [-0.1, -0.05) is 6.07 Å². The highest BCUT2D eigenvalue weighted by Gasteiger charge is 2.21. The molecule has 5 rings (SSSR count). The molecular weight excluding hydrogens is 578 g/mol. The fourth-order valence-electron chi connectivity index (χ4n) is 4.54. The van der Waals surface area contributed by atoms with Crippen LogP contribution in [0.2, 0.25) is 0 Å². The number of halogens is 2. The Kier molecular flexibility index (Phi) is 7.57. The number of ether oxygens (including phenoxy) is 1. The average molecular weight is 607 g/mol. The summed E-state index contributed by atoms with van der Waals surface area (Å²) in [5.74, 6) is -2.07. The number of hydrogen-bond donors (Lipinski definition) is 3. The molecule has 9 nitrogen and oxygen atoms in total. The molecule has 0 spiro atoms. The number of sulfonamides is 1. The maximum Gasteiger partial charge on any atom is 0.418 e. The van der Waals surface area contributed by atoms with Crippen molar-refractivity contribution in [3.8, 4) is 22.4 Å². The van der Waals surface area contributed by atoms with Crippen LogP contribution in [0.3, 0.4) is 0 Å². The Labute approximate surface area is 246 Å². The molecule has 3 aromatic carbocycles. The van der Waals surface area contributed by atoms with Crippen molar-refractivity contribution in [2.24, 2.45) is 0 Å². The number of nitrogens with zero attached hydrogens (tertiary/aromatic N) is 1. The van der Waals surface area contributed by atoms with E-state index in [-0.39, 0.29) is 16.9 Å². The zero-order valence-corrected chi connectivity index (χ0v) is 24.5. The molecule has 0 bridgehead atoms. The molecular formula is C31H28F2N4O5S. The number of anilines is 2. The lowest BCUT2D eigenvalue weighted by atomic mass is 9.99. The van der Waals surface area contributed by atoms with Crippen LogP contribution in [0.15, 0.2) is 79.0 Å².